The molecule has 1 saturated heterocycles. The first-order chi connectivity index (χ1) is 7.76. The highest BCUT2D eigenvalue weighted by Crippen LogP contribution is 2.12. The van der Waals surface area contributed by atoms with E-state index in [0.29, 0.717) is 19.7 Å². The summed E-state index contributed by atoms with van der Waals surface area (Å²) in [5.41, 5.74) is 0. The molecule has 0 unspecified atom stereocenters. The molecule has 2 N–H and O–H groups in total. The summed E-state index contributed by atoms with van der Waals surface area (Å²) < 4.78 is 5.46. The molecule has 0 atom stereocenters. The van der Waals surface area contributed by atoms with Crippen molar-refractivity contribution < 1.29 is 14.6 Å². The standard InChI is InChI=1S/C11H22N2O3/c1-2-12-11(15)9-13-5-3-10(4-6-13)16-8-7-14/h10,14H,2-9H2,1H3,(H,12,15). The molecule has 0 bridgehead atoms. The van der Waals surface area contributed by atoms with Gasteiger partial charge in [-0.25, -0.2) is 0 Å². The third kappa shape index (κ3) is 4.92. The first-order valence-corrected chi connectivity index (χ1v) is 5.97. The lowest BCUT2D eigenvalue weighted by atomic mass is 10.1. The SMILES string of the molecule is CCNC(=O)CN1CCC(OCCO)CC1. The van der Waals surface area contributed by atoms with Crippen LogP contribution in [0.25, 0.3) is 0 Å². The van der Waals surface area contributed by atoms with Crippen LogP contribution in [0.2, 0.25) is 0 Å². The molecule has 0 saturated carbocycles. The molecule has 16 heavy (non-hydrogen) atoms. The molecule has 94 valence electrons. The minimum atomic E-state index is 0.0825. The van der Waals surface area contributed by atoms with Gasteiger partial charge in [-0.05, 0) is 19.8 Å². The normalized spacial score (nSPS) is 18.6. The molecule has 1 aliphatic rings. The molecule has 1 rings (SSSR count). The zero-order valence-corrected chi connectivity index (χ0v) is 9.95. The number of likely N-dealkylation sites (tertiary alicyclic amines) is 1. The van der Waals surface area contributed by atoms with Gasteiger partial charge >= 0.3 is 0 Å². The highest BCUT2D eigenvalue weighted by atomic mass is 16.5. The third-order valence-corrected chi connectivity index (χ3v) is 2.72. The van der Waals surface area contributed by atoms with Crippen LogP contribution in [-0.2, 0) is 9.53 Å². The molecular weight excluding hydrogens is 208 g/mol. The Morgan fingerprint density at radius 3 is 2.75 bits per heavy atom. The third-order valence-electron chi connectivity index (χ3n) is 2.72. The van der Waals surface area contributed by atoms with E-state index in [2.05, 4.69) is 10.2 Å². The molecule has 1 heterocycles. The van der Waals surface area contributed by atoms with E-state index in [1.54, 1.807) is 0 Å². The van der Waals surface area contributed by atoms with Gasteiger partial charge in [-0.2, -0.15) is 0 Å². The van der Waals surface area contributed by atoms with Crippen LogP contribution in [-0.4, -0.2) is 61.4 Å². The van der Waals surface area contributed by atoms with Gasteiger partial charge in [0.05, 0.1) is 25.9 Å². The lowest BCUT2D eigenvalue weighted by Gasteiger charge is -2.31. The largest absolute Gasteiger partial charge is 0.394 e. The predicted octanol–water partition coefficient (Wildman–Crippen LogP) is -0.404. The summed E-state index contributed by atoms with van der Waals surface area (Å²) in [5.74, 6) is 0.0947. The van der Waals surface area contributed by atoms with Crippen molar-refractivity contribution in [3.05, 3.63) is 0 Å². The van der Waals surface area contributed by atoms with Crippen molar-refractivity contribution in [2.45, 2.75) is 25.9 Å². The first-order valence-electron chi connectivity index (χ1n) is 5.97. The number of carbonyl (C=O) groups excluding carboxylic acids is 1. The molecule has 0 aromatic heterocycles. The van der Waals surface area contributed by atoms with Crippen molar-refractivity contribution in [2.24, 2.45) is 0 Å². The summed E-state index contributed by atoms with van der Waals surface area (Å²) in [6.45, 7) is 5.39. The molecule has 0 aromatic rings. The average molecular weight is 230 g/mol. The molecule has 1 aliphatic heterocycles. The zero-order valence-electron chi connectivity index (χ0n) is 9.95. The van der Waals surface area contributed by atoms with Crippen LogP contribution in [0.3, 0.4) is 0 Å². The number of rotatable bonds is 6. The number of piperidine rings is 1. The molecule has 0 radical (unpaired) electrons. The van der Waals surface area contributed by atoms with Crippen LogP contribution in [0.4, 0.5) is 0 Å². The van der Waals surface area contributed by atoms with Crippen molar-refractivity contribution in [3.63, 3.8) is 0 Å². The van der Waals surface area contributed by atoms with Gasteiger partial charge in [-0.1, -0.05) is 0 Å². The Hall–Kier alpha value is -0.650. The van der Waals surface area contributed by atoms with E-state index in [9.17, 15) is 4.79 Å². The lowest BCUT2D eigenvalue weighted by molar-refractivity contribution is -0.122. The minimum Gasteiger partial charge on any atom is -0.394 e. The number of nitrogens with one attached hydrogen (secondary N) is 1. The Bertz CT molecular complexity index is 203. The van der Waals surface area contributed by atoms with Gasteiger partial charge in [0.1, 0.15) is 0 Å². The Balaban J connectivity index is 2.14. The summed E-state index contributed by atoms with van der Waals surface area (Å²) in [6, 6.07) is 0. The van der Waals surface area contributed by atoms with E-state index in [0.717, 1.165) is 25.9 Å². The monoisotopic (exact) mass is 230 g/mol. The minimum absolute atomic E-state index is 0.0825. The fourth-order valence-electron chi connectivity index (χ4n) is 1.91. The van der Waals surface area contributed by atoms with Crippen molar-refractivity contribution in [1.29, 1.82) is 0 Å². The molecule has 0 aromatic carbocycles. The fourth-order valence-corrected chi connectivity index (χ4v) is 1.91. The maximum Gasteiger partial charge on any atom is 0.234 e. The second-order valence-electron chi connectivity index (χ2n) is 4.02. The number of aliphatic hydroxyl groups excluding tert-OH is 1. The quantitative estimate of drug-likeness (QED) is 0.651. The zero-order chi connectivity index (χ0) is 11.8. The van der Waals surface area contributed by atoms with E-state index >= 15 is 0 Å². The number of nitrogens with zero attached hydrogens (tertiary/aromatic N) is 1. The maximum absolute atomic E-state index is 11.3. The molecule has 1 amide bonds. The Labute approximate surface area is 96.8 Å². The van der Waals surface area contributed by atoms with E-state index in [4.69, 9.17) is 9.84 Å². The fraction of sp³-hybridized carbons (Fsp3) is 0.909. The summed E-state index contributed by atoms with van der Waals surface area (Å²) in [6.07, 6.45) is 2.14. The van der Waals surface area contributed by atoms with Gasteiger partial charge in [-0.3, -0.25) is 9.69 Å². The number of carbonyl (C=O) groups is 1. The van der Waals surface area contributed by atoms with Crippen LogP contribution in [0.5, 0.6) is 0 Å². The smallest absolute Gasteiger partial charge is 0.234 e. The predicted molar refractivity (Wildman–Crippen MR) is 61.2 cm³/mol. The lowest BCUT2D eigenvalue weighted by Crippen LogP contribution is -2.43. The summed E-state index contributed by atoms with van der Waals surface area (Å²) in [5, 5.41) is 11.4. The number of amides is 1. The number of ether oxygens (including phenoxy) is 1. The van der Waals surface area contributed by atoms with E-state index in [1.807, 2.05) is 6.92 Å². The van der Waals surface area contributed by atoms with Crippen LogP contribution in [0.15, 0.2) is 0 Å². The van der Waals surface area contributed by atoms with Crippen molar-refractivity contribution in [3.8, 4) is 0 Å². The molecule has 0 spiro atoms. The maximum atomic E-state index is 11.3. The second-order valence-corrected chi connectivity index (χ2v) is 4.02. The van der Waals surface area contributed by atoms with Gasteiger partial charge in [0, 0.05) is 19.6 Å². The molecule has 5 heteroatoms. The highest BCUT2D eigenvalue weighted by Gasteiger charge is 2.20. The average Bonchev–Trinajstić information content (AvgIpc) is 2.28. The van der Waals surface area contributed by atoms with Crippen molar-refractivity contribution in [1.82, 2.24) is 10.2 Å². The topological polar surface area (TPSA) is 61.8 Å². The second kappa shape index (κ2) is 7.60. The Morgan fingerprint density at radius 2 is 2.19 bits per heavy atom. The van der Waals surface area contributed by atoms with Crippen LogP contribution < -0.4 is 5.32 Å². The van der Waals surface area contributed by atoms with Gasteiger partial charge < -0.3 is 15.2 Å². The van der Waals surface area contributed by atoms with Gasteiger partial charge in [0.2, 0.25) is 5.91 Å². The van der Waals surface area contributed by atoms with E-state index in [1.165, 1.54) is 0 Å². The van der Waals surface area contributed by atoms with Crippen molar-refractivity contribution in [2.75, 3.05) is 39.4 Å². The van der Waals surface area contributed by atoms with Gasteiger partial charge in [-0.15, -0.1) is 0 Å². The molecule has 0 aliphatic carbocycles. The summed E-state index contributed by atoms with van der Waals surface area (Å²) in [7, 11) is 0. The van der Waals surface area contributed by atoms with E-state index in [-0.39, 0.29) is 18.6 Å². The summed E-state index contributed by atoms with van der Waals surface area (Å²) >= 11 is 0. The Morgan fingerprint density at radius 1 is 1.50 bits per heavy atom. The molecular formula is C11H22N2O3. The van der Waals surface area contributed by atoms with Crippen LogP contribution in [0, 0.1) is 0 Å². The summed E-state index contributed by atoms with van der Waals surface area (Å²) in [4.78, 5) is 13.5. The molecule has 1 fully saturated rings. The van der Waals surface area contributed by atoms with Crippen molar-refractivity contribution >= 4 is 5.91 Å². The Kier molecular flexibility index (Phi) is 6.37. The van der Waals surface area contributed by atoms with Gasteiger partial charge in [0.15, 0.2) is 0 Å². The first kappa shape index (κ1) is 13.4. The number of hydrogen-bond donors (Lipinski definition) is 2. The van der Waals surface area contributed by atoms with Crippen LogP contribution in [0.1, 0.15) is 19.8 Å². The van der Waals surface area contributed by atoms with E-state index < -0.39 is 0 Å². The highest BCUT2D eigenvalue weighted by molar-refractivity contribution is 5.77. The number of aliphatic hydroxyl groups is 1. The molecule has 5 nitrogen and oxygen atoms in total. The van der Waals surface area contributed by atoms with Crippen LogP contribution >= 0.6 is 0 Å². The van der Waals surface area contributed by atoms with Gasteiger partial charge in [0.25, 0.3) is 0 Å². The number of likely N-dealkylation sites (N-methyl/N-ethyl adjacent to an activating group) is 1. The number of hydrogen-bond acceptors (Lipinski definition) is 4.